The minimum absolute atomic E-state index is 0.569. The molecule has 0 aliphatic carbocycles. The highest BCUT2D eigenvalue weighted by Crippen LogP contribution is 2.15. The van der Waals surface area contributed by atoms with Crippen molar-refractivity contribution in [1.29, 1.82) is 0 Å². The Morgan fingerprint density at radius 3 is 2.31 bits per heavy atom. The lowest BCUT2D eigenvalue weighted by atomic mass is 9.97. The van der Waals surface area contributed by atoms with Gasteiger partial charge in [0.05, 0.1) is 0 Å². The Bertz CT molecular complexity index is 292. The molecule has 0 aromatic heterocycles. The molecule has 1 N–H and O–H groups in total. The van der Waals surface area contributed by atoms with Crippen molar-refractivity contribution in [3.63, 3.8) is 0 Å². The Hall–Kier alpha value is -0.530. The highest BCUT2D eigenvalue weighted by atomic mass is 35.5. The van der Waals surface area contributed by atoms with Crippen molar-refractivity contribution in [1.82, 2.24) is 5.32 Å². The largest absolute Gasteiger partial charge is 0.314 e. The first-order chi connectivity index (χ1) is 7.61. The molecule has 1 atom stereocenters. The molecule has 0 radical (unpaired) electrons. The summed E-state index contributed by atoms with van der Waals surface area (Å²) in [5.74, 6) is 0.712. The Balaban J connectivity index is 2.46. The highest BCUT2D eigenvalue weighted by molar-refractivity contribution is 6.30. The van der Waals surface area contributed by atoms with Crippen LogP contribution in [0.4, 0.5) is 0 Å². The molecule has 1 nitrogen and oxygen atoms in total. The van der Waals surface area contributed by atoms with Crippen LogP contribution in [0.3, 0.4) is 0 Å². The van der Waals surface area contributed by atoms with Gasteiger partial charge in [-0.25, -0.2) is 0 Å². The Kier molecular flexibility index (Phi) is 5.86. The lowest BCUT2D eigenvalue weighted by Crippen LogP contribution is -2.29. The molecule has 1 aromatic rings. The zero-order valence-corrected chi connectivity index (χ0v) is 11.2. The van der Waals surface area contributed by atoms with Crippen LogP contribution in [0.25, 0.3) is 0 Å². The molecule has 0 amide bonds. The molecule has 0 spiro atoms. The predicted molar refractivity (Wildman–Crippen MR) is 72.1 cm³/mol. The lowest BCUT2D eigenvalue weighted by Gasteiger charge is -2.17. The van der Waals surface area contributed by atoms with Crippen LogP contribution in [-0.2, 0) is 6.42 Å². The van der Waals surface area contributed by atoms with Crippen molar-refractivity contribution in [2.24, 2.45) is 5.92 Å². The van der Waals surface area contributed by atoms with Gasteiger partial charge in [-0.2, -0.15) is 0 Å². The van der Waals surface area contributed by atoms with Crippen molar-refractivity contribution in [2.75, 3.05) is 6.54 Å². The first kappa shape index (κ1) is 13.5. The van der Waals surface area contributed by atoms with Crippen molar-refractivity contribution in [2.45, 2.75) is 39.7 Å². The summed E-state index contributed by atoms with van der Waals surface area (Å²) in [4.78, 5) is 0. The number of halogens is 1. The summed E-state index contributed by atoms with van der Waals surface area (Å²) < 4.78 is 0. The molecule has 0 aliphatic rings. The van der Waals surface area contributed by atoms with Crippen LogP contribution in [0.1, 0.15) is 32.8 Å². The minimum atomic E-state index is 0.569. The highest BCUT2D eigenvalue weighted by Gasteiger charge is 2.07. The number of rotatable bonds is 6. The molecule has 0 aliphatic heterocycles. The summed E-state index contributed by atoms with van der Waals surface area (Å²) in [7, 11) is 0. The smallest absolute Gasteiger partial charge is 0.0406 e. The second kappa shape index (κ2) is 6.93. The van der Waals surface area contributed by atoms with Gasteiger partial charge in [-0.05, 0) is 36.6 Å². The SMILES string of the molecule is CCC(CNC(C)C)Cc1ccc(Cl)cc1. The Morgan fingerprint density at radius 2 is 1.81 bits per heavy atom. The molecule has 0 bridgehead atoms. The molecule has 1 rings (SSSR count). The number of benzene rings is 1. The molecule has 16 heavy (non-hydrogen) atoms. The molecule has 1 unspecified atom stereocenters. The first-order valence-corrected chi connectivity index (χ1v) is 6.47. The van der Waals surface area contributed by atoms with E-state index in [1.54, 1.807) is 0 Å². The Labute approximate surface area is 104 Å². The summed E-state index contributed by atoms with van der Waals surface area (Å²) in [5.41, 5.74) is 1.38. The molecule has 1 aromatic carbocycles. The van der Waals surface area contributed by atoms with Crippen LogP contribution in [0, 0.1) is 5.92 Å². The fourth-order valence-corrected chi connectivity index (χ4v) is 1.84. The van der Waals surface area contributed by atoms with E-state index in [-0.39, 0.29) is 0 Å². The molecular weight excluding hydrogens is 218 g/mol. The van der Waals surface area contributed by atoms with Crippen molar-refractivity contribution >= 4 is 11.6 Å². The molecule has 2 heteroatoms. The van der Waals surface area contributed by atoms with Gasteiger partial charge in [-0.15, -0.1) is 0 Å². The topological polar surface area (TPSA) is 12.0 Å². The average molecular weight is 240 g/mol. The normalized spacial score (nSPS) is 13.1. The number of hydrogen-bond donors (Lipinski definition) is 1. The first-order valence-electron chi connectivity index (χ1n) is 6.09. The van der Waals surface area contributed by atoms with Gasteiger partial charge in [0.1, 0.15) is 0 Å². The van der Waals surface area contributed by atoms with Crippen LogP contribution < -0.4 is 5.32 Å². The van der Waals surface area contributed by atoms with Crippen molar-refractivity contribution < 1.29 is 0 Å². The third kappa shape index (κ3) is 5.00. The summed E-state index contributed by atoms with van der Waals surface area (Å²) in [6, 6.07) is 8.76. The van der Waals surface area contributed by atoms with Crippen LogP contribution in [0.15, 0.2) is 24.3 Å². The summed E-state index contributed by atoms with van der Waals surface area (Å²) in [6.45, 7) is 7.73. The molecule has 0 heterocycles. The standard InChI is InChI=1S/C14H22ClN/c1-4-12(10-16-11(2)3)9-13-5-7-14(15)8-6-13/h5-8,11-12,16H,4,9-10H2,1-3H3. The van der Waals surface area contributed by atoms with Gasteiger partial charge in [-0.3, -0.25) is 0 Å². The molecule has 0 fully saturated rings. The predicted octanol–water partition coefficient (Wildman–Crippen LogP) is 3.91. The fourth-order valence-electron chi connectivity index (χ4n) is 1.72. The van der Waals surface area contributed by atoms with E-state index in [1.165, 1.54) is 12.0 Å². The van der Waals surface area contributed by atoms with E-state index in [4.69, 9.17) is 11.6 Å². The number of nitrogens with one attached hydrogen (secondary N) is 1. The molecule has 0 saturated heterocycles. The second-order valence-electron chi connectivity index (χ2n) is 4.67. The van der Waals surface area contributed by atoms with Crippen molar-refractivity contribution in [3.05, 3.63) is 34.9 Å². The van der Waals surface area contributed by atoms with E-state index in [0.717, 1.165) is 18.0 Å². The third-order valence-electron chi connectivity index (χ3n) is 2.83. The van der Waals surface area contributed by atoms with E-state index in [0.29, 0.717) is 12.0 Å². The second-order valence-corrected chi connectivity index (χ2v) is 5.10. The fraction of sp³-hybridized carbons (Fsp3) is 0.571. The molecular formula is C14H22ClN. The van der Waals surface area contributed by atoms with Gasteiger partial charge in [0.2, 0.25) is 0 Å². The van der Waals surface area contributed by atoms with Crippen LogP contribution >= 0.6 is 11.6 Å². The summed E-state index contributed by atoms with van der Waals surface area (Å²) >= 11 is 5.87. The van der Waals surface area contributed by atoms with E-state index in [1.807, 2.05) is 12.1 Å². The van der Waals surface area contributed by atoms with Gasteiger partial charge in [-0.1, -0.05) is 50.9 Å². The van der Waals surface area contributed by atoms with Gasteiger partial charge in [0, 0.05) is 11.1 Å². The van der Waals surface area contributed by atoms with E-state index >= 15 is 0 Å². The van der Waals surface area contributed by atoms with E-state index in [2.05, 4.69) is 38.2 Å². The van der Waals surface area contributed by atoms with E-state index in [9.17, 15) is 0 Å². The van der Waals surface area contributed by atoms with Crippen molar-refractivity contribution in [3.8, 4) is 0 Å². The van der Waals surface area contributed by atoms with Crippen LogP contribution in [0.2, 0.25) is 5.02 Å². The quantitative estimate of drug-likeness (QED) is 0.794. The Morgan fingerprint density at radius 1 is 1.19 bits per heavy atom. The van der Waals surface area contributed by atoms with Gasteiger partial charge in [0.15, 0.2) is 0 Å². The summed E-state index contributed by atoms with van der Waals surface area (Å²) in [6.07, 6.45) is 2.34. The maximum atomic E-state index is 5.87. The summed E-state index contributed by atoms with van der Waals surface area (Å²) in [5, 5.41) is 4.32. The monoisotopic (exact) mass is 239 g/mol. The minimum Gasteiger partial charge on any atom is -0.314 e. The van der Waals surface area contributed by atoms with Crippen LogP contribution in [0.5, 0.6) is 0 Å². The van der Waals surface area contributed by atoms with E-state index < -0.39 is 0 Å². The third-order valence-corrected chi connectivity index (χ3v) is 3.08. The lowest BCUT2D eigenvalue weighted by molar-refractivity contribution is 0.436. The van der Waals surface area contributed by atoms with Gasteiger partial charge in [0.25, 0.3) is 0 Å². The van der Waals surface area contributed by atoms with Gasteiger partial charge >= 0.3 is 0 Å². The van der Waals surface area contributed by atoms with Gasteiger partial charge < -0.3 is 5.32 Å². The average Bonchev–Trinajstić information content (AvgIpc) is 2.26. The van der Waals surface area contributed by atoms with Crippen LogP contribution in [-0.4, -0.2) is 12.6 Å². The molecule has 90 valence electrons. The number of hydrogen-bond acceptors (Lipinski definition) is 1. The zero-order valence-electron chi connectivity index (χ0n) is 10.5. The zero-order chi connectivity index (χ0) is 12.0. The maximum Gasteiger partial charge on any atom is 0.0406 e. The maximum absolute atomic E-state index is 5.87. The molecule has 0 saturated carbocycles.